The Hall–Kier alpha value is -1.75. The van der Waals surface area contributed by atoms with Gasteiger partial charge in [-0.25, -0.2) is 0 Å². The summed E-state index contributed by atoms with van der Waals surface area (Å²) in [5.74, 6) is 0.142. The van der Waals surface area contributed by atoms with Gasteiger partial charge in [0.05, 0.1) is 0 Å². The molecule has 0 heterocycles. The Morgan fingerprint density at radius 2 is 1.85 bits per heavy atom. The van der Waals surface area contributed by atoms with Crippen molar-refractivity contribution in [2.24, 2.45) is 10.9 Å². The van der Waals surface area contributed by atoms with E-state index in [4.69, 9.17) is 10.9 Å². The van der Waals surface area contributed by atoms with Crippen molar-refractivity contribution >= 4 is 11.5 Å². The van der Waals surface area contributed by atoms with Crippen LogP contribution in [0.15, 0.2) is 29.4 Å². The molecule has 0 bridgehead atoms. The van der Waals surface area contributed by atoms with E-state index in [1.807, 2.05) is 24.3 Å². The molecular weight excluding hydrogens is 252 g/mol. The van der Waals surface area contributed by atoms with Gasteiger partial charge in [0.15, 0.2) is 5.84 Å². The molecule has 0 unspecified atom stereocenters. The second kappa shape index (κ2) is 5.71. The van der Waals surface area contributed by atoms with Crippen molar-refractivity contribution in [3.8, 4) is 0 Å². The molecule has 1 aliphatic rings. The van der Waals surface area contributed by atoms with E-state index in [1.54, 1.807) is 0 Å². The molecule has 1 aromatic rings. The van der Waals surface area contributed by atoms with Gasteiger partial charge in [0, 0.05) is 30.4 Å². The summed E-state index contributed by atoms with van der Waals surface area (Å²) in [7, 11) is 6.44. The Kier molecular flexibility index (Phi) is 4.18. The third-order valence-electron chi connectivity index (χ3n) is 4.48. The quantitative estimate of drug-likeness (QED) is 0.372. The number of benzene rings is 1. The van der Waals surface area contributed by atoms with Crippen molar-refractivity contribution in [2.45, 2.75) is 24.8 Å². The topological polar surface area (TPSA) is 65.1 Å². The molecule has 2 rings (SSSR count). The molecule has 0 aromatic heterocycles. The zero-order valence-corrected chi connectivity index (χ0v) is 12.5. The summed E-state index contributed by atoms with van der Waals surface area (Å²) in [5, 5.41) is 11.7. The maximum atomic E-state index is 8.67. The smallest absolute Gasteiger partial charge is 0.170 e. The average molecular weight is 276 g/mol. The summed E-state index contributed by atoms with van der Waals surface area (Å²) in [6.07, 6.45) is 3.83. The number of amidine groups is 1. The number of anilines is 1. The van der Waals surface area contributed by atoms with E-state index in [-0.39, 0.29) is 5.84 Å². The first kappa shape index (κ1) is 14.7. The predicted octanol–water partition coefficient (Wildman–Crippen LogP) is 1.70. The highest BCUT2D eigenvalue weighted by molar-refractivity contribution is 5.97. The molecule has 0 atom stereocenters. The first-order valence-electron chi connectivity index (χ1n) is 6.95. The summed E-state index contributed by atoms with van der Waals surface area (Å²) >= 11 is 0. The third kappa shape index (κ3) is 2.72. The van der Waals surface area contributed by atoms with Crippen LogP contribution in [0.5, 0.6) is 0 Å². The fourth-order valence-corrected chi connectivity index (χ4v) is 2.81. The molecule has 5 heteroatoms. The molecule has 1 saturated carbocycles. The molecule has 0 spiro atoms. The molecule has 0 aliphatic heterocycles. The molecule has 1 aliphatic carbocycles. The van der Waals surface area contributed by atoms with Gasteiger partial charge < -0.3 is 20.7 Å². The van der Waals surface area contributed by atoms with Crippen molar-refractivity contribution in [1.29, 1.82) is 0 Å². The van der Waals surface area contributed by atoms with Crippen LogP contribution in [0.3, 0.4) is 0 Å². The molecule has 20 heavy (non-hydrogen) atoms. The first-order valence-corrected chi connectivity index (χ1v) is 6.95. The van der Waals surface area contributed by atoms with Crippen LogP contribution in [0.2, 0.25) is 0 Å². The normalized spacial score (nSPS) is 17.9. The number of nitrogens with zero attached hydrogens (tertiary/aromatic N) is 3. The lowest BCUT2D eigenvalue weighted by Crippen LogP contribution is -2.56. The van der Waals surface area contributed by atoms with Gasteiger partial charge in [0.25, 0.3) is 0 Å². The first-order chi connectivity index (χ1) is 9.48. The number of rotatable bonds is 5. The van der Waals surface area contributed by atoms with E-state index in [1.165, 1.54) is 19.3 Å². The second-order valence-electron chi connectivity index (χ2n) is 5.86. The van der Waals surface area contributed by atoms with Crippen molar-refractivity contribution < 1.29 is 5.21 Å². The molecule has 5 nitrogen and oxygen atoms in total. The zero-order chi connectivity index (χ0) is 14.8. The highest BCUT2D eigenvalue weighted by atomic mass is 16.4. The summed E-state index contributed by atoms with van der Waals surface area (Å²) < 4.78 is 0. The number of likely N-dealkylation sites (N-methyl/N-ethyl adjacent to an activating group) is 2. The lowest BCUT2D eigenvalue weighted by molar-refractivity contribution is 0.0683. The van der Waals surface area contributed by atoms with Gasteiger partial charge in [-0.3, -0.25) is 0 Å². The van der Waals surface area contributed by atoms with E-state index < -0.39 is 0 Å². The minimum atomic E-state index is 0.142. The fraction of sp³-hybridized carbons (Fsp3) is 0.533. The van der Waals surface area contributed by atoms with Crippen LogP contribution in [-0.2, 0) is 0 Å². The Labute approximate surface area is 120 Å². The summed E-state index contributed by atoms with van der Waals surface area (Å²) in [6.45, 7) is 1.02. The average Bonchev–Trinajstić information content (AvgIpc) is 2.41. The highest BCUT2D eigenvalue weighted by Crippen LogP contribution is 2.37. The zero-order valence-electron chi connectivity index (χ0n) is 12.5. The van der Waals surface area contributed by atoms with Gasteiger partial charge in [-0.05, 0) is 57.6 Å². The van der Waals surface area contributed by atoms with Gasteiger partial charge in [-0.1, -0.05) is 5.16 Å². The maximum Gasteiger partial charge on any atom is 0.170 e. The monoisotopic (exact) mass is 276 g/mol. The predicted molar refractivity (Wildman–Crippen MR) is 82.5 cm³/mol. The lowest BCUT2D eigenvalue weighted by Gasteiger charge is -2.49. The van der Waals surface area contributed by atoms with Crippen LogP contribution in [0.25, 0.3) is 0 Å². The standard InChI is InChI=1S/C15H24N4O/c1-18(2)15(9-4-10-15)11-19(3)13-7-5-12(6-8-13)14(16)17-20/h5-8,20H,4,9-11H2,1-3H3,(H2,16,17). The van der Waals surface area contributed by atoms with E-state index in [0.717, 1.165) is 17.8 Å². The molecule has 0 saturated heterocycles. The van der Waals surface area contributed by atoms with Gasteiger partial charge in [0.1, 0.15) is 0 Å². The van der Waals surface area contributed by atoms with Crippen LogP contribution in [-0.4, -0.2) is 49.2 Å². The van der Waals surface area contributed by atoms with Crippen LogP contribution < -0.4 is 10.6 Å². The van der Waals surface area contributed by atoms with Crippen molar-refractivity contribution in [1.82, 2.24) is 4.90 Å². The lowest BCUT2D eigenvalue weighted by atomic mass is 9.75. The molecule has 0 amide bonds. The van der Waals surface area contributed by atoms with Crippen LogP contribution >= 0.6 is 0 Å². The van der Waals surface area contributed by atoms with Crippen molar-refractivity contribution in [3.63, 3.8) is 0 Å². The molecule has 110 valence electrons. The molecular formula is C15H24N4O. The van der Waals surface area contributed by atoms with Crippen LogP contribution in [0, 0.1) is 0 Å². The number of nitrogens with two attached hydrogens (primary N) is 1. The number of hydrogen-bond donors (Lipinski definition) is 2. The Balaban J connectivity index is 2.08. The number of oxime groups is 1. The molecule has 1 aromatic carbocycles. The van der Waals surface area contributed by atoms with Gasteiger partial charge in [-0.15, -0.1) is 0 Å². The number of hydrogen-bond acceptors (Lipinski definition) is 4. The Morgan fingerprint density at radius 3 is 2.25 bits per heavy atom. The maximum absolute atomic E-state index is 8.67. The minimum absolute atomic E-state index is 0.142. The Morgan fingerprint density at radius 1 is 1.25 bits per heavy atom. The molecule has 3 N–H and O–H groups in total. The third-order valence-corrected chi connectivity index (χ3v) is 4.48. The second-order valence-corrected chi connectivity index (χ2v) is 5.86. The minimum Gasteiger partial charge on any atom is -0.409 e. The highest BCUT2D eigenvalue weighted by Gasteiger charge is 2.39. The van der Waals surface area contributed by atoms with Gasteiger partial charge >= 0.3 is 0 Å². The van der Waals surface area contributed by atoms with Gasteiger partial charge in [0.2, 0.25) is 0 Å². The SMILES string of the molecule is CN(CC1(N(C)C)CCC1)c1ccc(/C(N)=N/O)cc1. The van der Waals surface area contributed by atoms with E-state index in [0.29, 0.717) is 5.54 Å². The van der Waals surface area contributed by atoms with Gasteiger partial charge in [-0.2, -0.15) is 0 Å². The van der Waals surface area contributed by atoms with Crippen LogP contribution in [0.1, 0.15) is 24.8 Å². The fourth-order valence-electron chi connectivity index (χ4n) is 2.81. The largest absolute Gasteiger partial charge is 0.409 e. The molecule has 0 radical (unpaired) electrons. The van der Waals surface area contributed by atoms with E-state index in [2.05, 4.69) is 36.1 Å². The summed E-state index contributed by atoms with van der Waals surface area (Å²) in [6, 6.07) is 7.78. The Bertz CT molecular complexity index is 477. The van der Waals surface area contributed by atoms with Crippen molar-refractivity contribution in [3.05, 3.63) is 29.8 Å². The molecule has 1 fully saturated rings. The van der Waals surface area contributed by atoms with E-state index >= 15 is 0 Å². The van der Waals surface area contributed by atoms with Crippen molar-refractivity contribution in [2.75, 3.05) is 32.6 Å². The summed E-state index contributed by atoms with van der Waals surface area (Å²) in [4.78, 5) is 4.62. The van der Waals surface area contributed by atoms with Crippen LogP contribution in [0.4, 0.5) is 5.69 Å². The summed E-state index contributed by atoms with van der Waals surface area (Å²) in [5.41, 5.74) is 7.75. The van der Waals surface area contributed by atoms with E-state index in [9.17, 15) is 0 Å².